The first-order valence-corrected chi connectivity index (χ1v) is 13.1. The molecule has 0 N–H and O–H groups in total. The van der Waals surface area contributed by atoms with Crippen LogP contribution >= 0.6 is 0 Å². The molecule has 33 heavy (non-hydrogen) atoms. The number of sulfonamides is 1. The van der Waals surface area contributed by atoms with E-state index in [0.717, 1.165) is 36.8 Å². The lowest BCUT2D eigenvalue weighted by molar-refractivity contribution is -0.134. The highest BCUT2D eigenvalue weighted by Crippen LogP contribution is 2.27. The number of amides is 1. The molecule has 3 aromatic rings. The van der Waals surface area contributed by atoms with Gasteiger partial charge in [-0.15, -0.1) is 0 Å². The zero-order valence-electron chi connectivity index (χ0n) is 18.9. The maximum absolute atomic E-state index is 13.3. The largest absolute Gasteiger partial charge is 0.368 e. The number of hydrogen-bond donors (Lipinski definition) is 0. The third-order valence-corrected chi connectivity index (χ3v) is 8.78. The fourth-order valence-corrected chi connectivity index (χ4v) is 6.48. The van der Waals surface area contributed by atoms with Crippen molar-refractivity contribution >= 4 is 32.5 Å². The minimum absolute atomic E-state index is 0.0916. The van der Waals surface area contributed by atoms with Crippen molar-refractivity contribution in [2.75, 3.05) is 44.2 Å². The summed E-state index contributed by atoms with van der Waals surface area (Å²) in [7, 11) is -3.46. The number of carbonyl (C=O) groups is 1. The van der Waals surface area contributed by atoms with E-state index in [-0.39, 0.29) is 11.9 Å². The number of carbonyl (C=O) groups excluding carboxylic acids is 1. The molecular weight excluding hydrogens is 436 g/mol. The van der Waals surface area contributed by atoms with Crippen molar-refractivity contribution in [3.05, 3.63) is 60.8 Å². The van der Waals surface area contributed by atoms with Crippen molar-refractivity contribution in [3.8, 4) is 0 Å². The van der Waals surface area contributed by atoms with E-state index >= 15 is 0 Å². The highest BCUT2D eigenvalue weighted by atomic mass is 32.2. The molecule has 1 atom stereocenters. The Morgan fingerprint density at radius 3 is 2.27 bits per heavy atom. The van der Waals surface area contributed by atoms with Gasteiger partial charge in [0.05, 0.1) is 4.90 Å². The van der Waals surface area contributed by atoms with Crippen LogP contribution in [0, 0.1) is 0 Å². The van der Waals surface area contributed by atoms with Gasteiger partial charge in [0.2, 0.25) is 15.9 Å². The molecule has 1 aromatic heterocycles. The lowest BCUT2D eigenvalue weighted by atomic mass is 10.2. The van der Waals surface area contributed by atoms with Crippen LogP contribution in [0.25, 0.3) is 10.9 Å². The maximum atomic E-state index is 13.3. The highest BCUT2D eigenvalue weighted by molar-refractivity contribution is 7.89. The van der Waals surface area contributed by atoms with E-state index in [2.05, 4.69) is 17.0 Å². The molecule has 0 unspecified atom stereocenters. The number of benzene rings is 2. The molecule has 2 saturated heterocycles. The van der Waals surface area contributed by atoms with Crippen LogP contribution in [-0.2, 0) is 14.8 Å². The fourth-order valence-electron chi connectivity index (χ4n) is 4.92. The molecule has 0 aliphatic carbocycles. The Labute approximate surface area is 195 Å². The van der Waals surface area contributed by atoms with Gasteiger partial charge in [0.1, 0.15) is 6.04 Å². The molecular formula is C25H30N4O3S. The molecule has 0 saturated carbocycles. The molecule has 7 nitrogen and oxygen atoms in total. The van der Waals surface area contributed by atoms with Gasteiger partial charge >= 0.3 is 0 Å². The molecule has 8 heteroatoms. The number of nitrogens with zero attached hydrogens (tertiary/aromatic N) is 4. The van der Waals surface area contributed by atoms with Crippen LogP contribution < -0.4 is 4.90 Å². The van der Waals surface area contributed by atoms with Gasteiger partial charge in [-0.1, -0.05) is 18.2 Å². The average molecular weight is 467 g/mol. The minimum atomic E-state index is -3.46. The van der Waals surface area contributed by atoms with E-state index in [1.165, 1.54) is 5.69 Å². The van der Waals surface area contributed by atoms with Crippen molar-refractivity contribution in [1.29, 1.82) is 0 Å². The summed E-state index contributed by atoms with van der Waals surface area (Å²) >= 11 is 0. The summed E-state index contributed by atoms with van der Waals surface area (Å²) < 4.78 is 29.3. The molecule has 0 radical (unpaired) electrons. The van der Waals surface area contributed by atoms with E-state index in [0.29, 0.717) is 31.1 Å². The summed E-state index contributed by atoms with van der Waals surface area (Å²) in [5.74, 6) is 0.0916. The Bertz CT molecular complexity index is 1240. The molecule has 5 rings (SSSR count). The van der Waals surface area contributed by atoms with Gasteiger partial charge in [-0.3, -0.25) is 4.79 Å². The van der Waals surface area contributed by atoms with Crippen LogP contribution in [-0.4, -0.2) is 67.4 Å². The number of piperazine rings is 1. The first-order valence-electron chi connectivity index (χ1n) is 11.6. The van der Waals surface area contributed by atoms with E-state index in [4.69, 9.17) is 0 Å². The number of anilines is 1. The molecule has 174 valence electrons. The first kappa shape index (κ1) is 22.0. The molecule has 2 aliphatic rings. The Hall–Kier alpha value is -2.84. The van der Waals surface area contributed by atoms with E-state index < -0.39 is 10.0 Å². The SMILES string of the molecule is C[C@@H](C(=O)N1CCN(c2ccccc2)CC1)n1ccc2cc(S(=O)(=O)N3CCCC3)ccc21. The van der Waals surface area contributed by atoms with Crippen molar-refractivity contribution in [3.63, 3.8) is 0 Å². The second kappa shape index (κ2) is 8.83. The zero-order valence-corrected chi connectivity index (χ0v) is 19.7. The van der Waals surface area contributed by atoms with Gasteiger partial charge in [-0.25, -0.2) is 8.42 Å². The van der Waals surface area contributed by atoms with Gasteiger partial charge in [-0.2, -0.15) is 4.31 Å². The first-order chi connectivity index (χ1) is 15.9. The maximum Gasteiger partial charge on any atom is 0.245 e. The summed E-state index contributed by atoms with van der Waals surface area (Å²) in [5, 5.41) is 0.837. The molecule has 2 fully saturated rings. The zero-order chi connectivity index (χ0) is 23.0. The monoisotopic (exact) mass is 466 g/mol. The van der Waals surface area contributed by atoms with Crippen molar-refractivity contribution in [2.24, 2.45) is 0 Å². The Morgan fingerprint density at radius 2 is 1.58 bits per heavy atom. The van der Waals surface area contributed by atoms with Gasteiger partial charge < -0.3 is 14.4 Å². The van der Waals surface area contributed by atoms with E-state index in [9.17, 15) is 13.2 Å². The molecule has 1 amide bonds. The predicted octanol–water partition coefficient (Wildman–Crippen LogP) is 3.34. The quantitative estimate of drug-likeness (QED) is 0.579. The van der Waals surface area contributed by atoms with Crippen LogP contribution in [0.4, 0.5) is 5.69 Å². The van der Waals surface area contributed by atoms with Gasteiger partial charge in [0.15, 0.2) is 0 Å². The Balaban J connectivity index is 1.30. The number of aromatic nitrogens is 1. The molecule has 0 bridgehead atoms. The second-order valence-electron chi connectivity index (χ2n) is 8.88. The molecule has 2 aromatic carbocycles. The third-order valence-electron chi connectivity index (χ3n) is 6.88. The topological polar surface area (TPSA) is 65.9 Å². The lowest BCUT2D eigenvalue weighted by Crippen LogP contribution is -2.50. The number of rotatable bonds is 5. The minimum Gasteiger partial charge on any atom is -0.368 e. The van der Waals surface area contributed by atoms with Gasteiger partial charge in [-0.05, 0) is 56.2 Å². The van der Waals surface area contributed by atoms with Gasteiger partial charge in [0, 0.05) is 62.1 Å². The standard InChI is InChI=1S/C25H30N4O3S/c1-20(25(30)27-17-15-26(16-18-27)22-7-3-2-4-8-22)29-14-11-21-19-23(9-10-24(21)29)33(31,32)28-12-5-6-13-28/h2-4,7-11,14,19-20H,5-6,12-13,15-18H2,1H3/t20-/m0/s1. The number of para-hydroxylation sites is 1. The molecule has 3 heterocycles. The molecule has 0 spiro atoms. The Kier molecular flexibility index (Phi) is 5.88. The highest BCUT2D eigenvalue weighted by Gasteiger charge is 2.29. The summed E-state index contributed by atoms with van der Waals surface area (Å²) in [6, 6.07) is 17.1. The van der Waals surface area contributed by atoms with Crippen molar-refractivity contribution in [1.82, 2.24) is 13.8 Å². The number of fused-ring (bicyclic) bond motifs is 1. The third kappa shape index (κ3) is 4.13. The summed E-state index contributed by atoms with van der Waals surface area (Å²) in [5.41, 5.74) is 2.06. The predicted molar refractivity (Wildman–Crippen MR) is 130 cm³/mol. The molecule has 2 aliphatic heterocycles. The normalized spacial score (nSPS) is 18.7. The number of hydrogen-bond acceptors (Lipinski definition) is 4. The second-order valence-corrected chi connectivity index (χ2v) is 10.8. The fraction of sp³-hybridized carbons (Fsp3) is 0.400. The van der Waals surface area contributed by atoms with Gasteiger partial charge in [0.25, 0.3) is 0 Å². The summed E-state index contributed by atoms with van der Waals surface area (Å²) in [6.45, 7) is 6.10. The van der Waals surface area contributed by atoms with Crippen LogP contribution in [0.2, 0.25) is 0 Å². The van der Waals surface area contributed by atoms with Crippen LogP contribution in [0.5, 0.6) is 0 Å². The summed E-state index contributed by atoms with van der Waals surface area (Å²) in [6.07, 6.45) is 3.72. The van der Waals surface area contributed by atoms with Crippen molar-refractivity contribution in [2.45, 2.75) is 30.7 Å². The van der Waals surface area contributed by atoms with E-state index in [1.807, 2.05) is 52.9 Å². The van der Waals surface area contributed by atoms with Crippen LogP contribution in [0.3, 0.4) is 0 Å². The van der Waals surface area contributed by atoms with E-state index in [1.54, 1.807) is 16.4 Å². The smallest absolute Gasteiger partial charge is 0.245 e. The lowest BCUT2D eigenvalue weighted by Gasteiger charge is -2.37. The van der Waals surface area contributed by atoms with Crippen LogP contribution in [0.1, 0.15) is 25.8 Å². The van der Waals surface area contributed by atoms with Crippen molar-refractivity contribution < 1.29 is 13.2 Å². The summed E-state index contributed by atoms with van der Waals surface area (Å²) in [4.78, 5) is 17.8. The average Bonchev–Trinajstić information content (AvgIpc) is 3.54. The Morgan fingerprint density at radius 1 is 0.879 bits per heavy atom. The van der Waals surface area contributed by atoms with Crippen LogP contribution in [0.15, 0.2) is 65.7 Å².